The van der Waals surface area contributed by atoms with Crippen LogP contribution >= 0.6 is 0 Å². The lowest BCUT2D eigenvalue weighted by Gasteiger charge is -2.30. The number of ether oxygens (including phenoxy) is 1. The van der Waals surface area contributed by atoms with Crippen molar-refractivity contribution >= 4 is 16.9 Å². The second kappa shape index (κ2) is 6.04. The van der Waals surface area contributed by atoms with Crippen molar-refractivity contribution in [3.8, 4) is 5.75 Å². The fourth-order valence-corrected chi connectivity index (χ4v) is 3.61. The quantitative estimate of drug-likeness (QED) is 0.737. The SMILES string of the molecule is CCC(C(=O)O)(c1ccccc1)c1c(C)[nH]c2ccc(OC)cc12. The van der Waals surface area contributed by atoms with Crippen LogP contribution in [0.2, 0.25) is 0 Å². The molecule has 1 aromatic heterocycles. The number of carbonyl (C=O) groups is 1. The molecule has 4 heteroatoms. The number of hydrogen-bond donors (Lipinski definition) is 2. The lowest BCUT2D eigenvalue weighted by Crippen LogP contribution is -2.37. The van der Waals surface area contributed by atoms with Gasteiger partial charge < -0.3 is 14.8 Å². The van der Waals surface area contributed by atoms with Gasteiger partial charge in [0, 0.05) is 22.2 Å². The van der Waals surface area contributed by atoms with Crippen molar-refractivity contribution in [2.75, 3.05) is 7.11 Å². The molecule has 1 heterocycles. The first-order valence-electron chi connectivity index (χ1n) is 8.00. The first-order valence-corrected chi connectivity index (χ1v) is 8.00. The van der Waals surface area contributed by atoms with Crippen LogP contribution in [0.1, 0.15) is 30.2 Å². The van der Waals surface area contributed by atoms with E-state index in [1.54, 1.807) is 7.11 Å². The van der Waals surface area contributed by atoms with Crippen molar-refractivity contribution in [2.24, 2.45) is 0 Å². The fourth-order valence-electron chi connectivity index (χ4n) is 3.61. The van der Waals surface area contributed by atoms with Gasteiger partial charge in [0.15, 0.2) is 0 Å². The Morgan fingerprint density at radius 3 is 2.50 bits per heavy atom. The van der Waals surface area contributed by atoms with Gasteiger partial charge in [-0.1, -0.05) is 37.3 Å². The molecule has 0 bridgehead atoms. The number of aliphatic carboxylic acids is 1. The zero-order valence-corrected chi connectivity index (χ0v) is 14.1. The van der Waals surface area contributed by atoms with Crippen molar-refractivity contribution in [2.45, 2.75) is 25.7 Å². The van der Waals surface area contributed by atoms with Gasteiger partial charge in [-0.3, -0.25) is 4.79 Å². The largest absolute Gasteiger partial charge is 0.497 e. The van der Waals surface area contributed by atoms with E-state index in [2.05, 4.69) is 4.98 Å². The highest BCUT2D eigenvalue weighted by atomic mass is 16.5. The molecule has 3 rings (SSSR count). The Kier molecular flexibility index (Phi) is 4.06. The smallest absolute Gasteiger partial charge is 0.318 e. The predicted molar refractivity (Wildman–Crippen MR) is 94.7 cm³/mol. The molecule has 2 N–H and O–H groups in total. The van der Waals surface area contributed by atoms with Gasteiger partial charge in [0.25, 0.3) is 0 Å². The van der Waals surface area contributed by atoms with Crippen LogP contribution in [0.25, 0.3) is 10.9 Å². The van der Waals surface area contributed by atoms with Crippen LogP contribution in [0.15, 0.2) is 48.5 Å². The van der Waals surface area contributed by atoms with E-state index in [4.69, 9.17) is 4.74 Å². The lowest BCUT2D eigenvalue weighted by atomic mass is 9.71. The zero-order chi connectivity index (χ0) is 17.3. The summed E-state index contributed by atoms with van der Waals surface area (Å²) in [5.41, 5.74) is 2.27. The first-order chi connectivity index (χ1) is 11.5. The van der Waals surface area contributed by atoms with E-state index >= 15 is 0 Å². The summed E-state index contributed by atoms with van der Waals surface area (Å²) in [6, 6.07) is 15.1. The highest BCUT2D eigenvalue weighted by molar-refractivity contribution is 5.96. The van der Waals surface area contributed by atoms with Crippen LogP contribution in [0.5, 0.6) is 5.75 Å². The third-order valence-electron chi connectivity index (χ3n) is 4.78. The van der Waals surface area contributed by atoms with E-state index in [0.717, 1.165) is 27.7 Å². The molecule has 0 aliphatic carbocycles. The summed E-state index contributed by atoms with van der Waals surface area (Å²) in [6.45, 7) is 3.84. The number of aromatic nitrogens is 1. The molecule has 0 aliphatic heterocycles. The number of carboxylic acid groups (broad SMARTS) is 1. The molecule has 1 unspecified atom stereocenters. The van der Waals surface area contributed by atoms with Gasteiger partial charge in [-0.25, -0.2) is 0 Å². The molecule has 0 radical (unpaired) electrons. The number of aryl methyl sites for hydroxylation is 1. The van der Waals surface area contributed by atoms with Crippen molar-refractivity contribution in [3.63, 3.8) is 0 Å². The maximum absolute atomic E-state index is 12.5. The topological polar surface area (TPSA) is 62.3 Å². The summed E-state index contributed by atoms with van der Waals surface area (Å²) in [4.78, 5) is 15.8. The molecule has 124 valence electrons. The molecule has 0 aliphatic rings. The molecule has 24 heavy (non-hydrogen) atoms. The zero-order valence-electron chi connectivity index (χ0n) is 14.1. The number of methoxy groups -OCH3 is 1. The van der Waals surface area contributed by atoms with Gasteiger partial charge in [0.05, 0.1) is 7.11 Å². The molecule has 1 atom stereocenters. The summed E-state index contributed by atoms with van der Waals surface area (Å²) in [5, 5.41) is 11.1. The summed E-state index contributed by atoms with van der Waals surface area (Å²) >= 11 is 0. The van der Waals surface area contributed by atoms with Crippen LogP contribution in [0.3, 0.4) is 0 Å². The Morgan fingerprint density at radius 2 is 1.92 bits per heavy atom. The number of carboxylic acids is 1. The Morgan fingerprint density at radius 1 is 1.21 bits per heavy atom. The third-order valence-corrected chi connectivity index (χ3v) is 4.78. The fraction of sp³-hybridized carbons (Fsp3) is 0.250. The van der Waals surface area contributed by atoms with E-state index in [1.165, 1.54) is 0 Å². The molecule has 0 fully saturated rings. The van der Waals surface area contributed by atoms with Gasteiger partial charge in [-0.15, -0.1) is 0 Å². The minimum absolute atomic E-state index is 0.456. The summed E-state index contributed by atoms with van der Waals surface area (Å²) in [7, 11) is 1.61. The molecule has 2 aromatic carbocycles. The van der Waals surface area contributed by atoms with E-state index in [1.807, 2.05) is 62.4 Å². The van der Waals surface area contributed by atoms with E-state index in [9.17, 15) is 9.90 Å². The maximum atomic E-state index is 12.5. The Hall–Kier alpha value is -2.75. The second-order valence-corrected chi connectivity index (χ2v) is 5.97. The van der Waals surface area contributed by atoms with Crippen molar-refractivity contribution < 1.29 is 14.6 Å². The molecule has 0 saturated heterocycles. The Bertz CT molecular complexity index is 883. The second-order valence-electron chi connectivity index (χ2n) is 5.97. The normalized spacial score (nSPS) is 13.6. The Balaban J connectivity index is 2.39. The van der Waals surface area contributed by atoms with E-state index in [-0.39, 0.29) is 0 Å². The lowest BCUT2D eigenvalue weighted by molar-refractivity contribution is -0.142. The standard InChI is InChI=1S/C20H21NO3/c1-4-20(19(22)23,14-8-6-5-7-9-14)18-13(2)21-17-11-10-15(24-3)12-16(17)18/h5-12,21H,4H2,1-3H3,(H,22,23). The predicted octanol–water partition coefficient (Wildman–Crippen LogP) is 4.27. The van der Waals surface area contributed by atoms with Crippen LogP contribution in [0, 0.1) is 6.92 Å². The van der Waals surface area contributed by atoms with Crippen molar-refractivity contribution in [1.29, 1.82) is 0 Å². The van der Waals surface area contributed by atoms with Gasteiger partial charge in [-0.05, 0) is 37.1 Å². The number of benzene rings is 2. The molecule has 0 amide bonds. The first kappa shape index (κ1) is 16.1. The van der Waals surface area contributed by atoms with Crippen molar-refractivity contribution in [3.05, 3.63) is 65.4 Å². The van der Waals surface area contributed by atoms with Gasteiger partial charge in [-0.2, -0.15) is 0 Å². The van der Waals surface area contributed by atoms with Crippen LogP contribution in [-0.4, -0.2) is 23.2 Å². The average Bonchev–Trinajstić information content (AvgIpc) is 2.92. The highest BCUT2D eigenvalue weighted by Gasteiger charge is 2.43. The molecule has 4 nitrogen and oxygen atoms in total. The minimum Gasteiger partial charge on any atom is -0.497 e. The number of nitrogens with one attached hydrogen (secondary N) is 1. The van der Waals surface area contributed by atoms with Gasteiger partial charge >= 0.3 is 5.97 Å². The number of aromatic amines is 1. The van der Waals surface area contributed by atoms with E-state index < -0.39 is 11.4 Å². The Labute approximate surface area is 141 Å². The summed E-state index contributed by atoms with van der Waals surface area (Å²) in [5.74, 6) is -0.130. The molecule has 3 aromatic rings. The molecule has 0 spiro atoms. The number of hydrogen-bond acceptors (Lipinski definition) is 2. The molecule has 0 saturated carbocycles. The molecular weight excluding hydrogens is 302 g/mol. The monoisotopic (exact) mass is 323 g/mol. The van der Waals surface area contributed by atoms with Gasteiger partial charge in [0.2, 0.25) is 0 Å². The number of fused-ring (bicyclic) bond motifs is 1. The van der Waals surface area contributed by atoms with E-state index in [0.29, 0.717) is 12.2 Å². The minimum atomic E-state index is -1.10. The van der Waals surface area contributed by atoms with Gasteiger partial charge in [0.1, 0.15) is 11.2 Å². The highest BCUT2D eigenvalue weighted by Crippen LogP contribution is 2.42. The maximum Gasteiger partial charge on any atom is 0.318 e. The average molecular weight is 323 g/mol. The van der Waals surface area contributed by atoms with Crippen LogP contribution in [-0.2, 0) is 10.2 Å². The van der Waals surface area contributed by atoms with Crippen molar-refractivity contribution in [1.82, 2.24) is 4.98 Å². The summed E-state index contributed by atoms with van der Waals surface area (Å²) in [6.07, 6.45) is 0.456. The molecular formula is C20H21NO3. The number of rotatable bonds is 5. The summed E-state index contributed by atoms with van der Waals surface area (Å²) < 4.78 is 5.34. The van der Waals surface area contributed by atoms with Crippen LogP contribution in [0.4, 0.5) is 0 Å². The number of H-pyrrole nitrogens is 1. The van der Waals surface area contributed by atoms with Crippen LogP contribution < -0.4 is 4.74 Å². The third kappa shape index (κ3) is 2.26.